The molecule has 2 rings (SSSR count). The molecule has 0 aliphatic carbocycles. The van der Waals surface area contributed by atoms with E-state index in [1.807, 2.05) is 31.5 Å². The van der Waals surface area contributed by atoms with Crippen LogP contribution in [0.4, 0.5) is 0 Å². The third-order valence-corrected chi connectivity index (χ3v) is 4.96. The second kappa shape index (κ2) is 7.65. The van der Waals surface area contributed by atoms with Crippen LogP contribution in [0.25, 0.3) is 0 Å². The molecule has 130 valence electrons. The number of ketones is 1. The molecule has 2 aromatic rings. The molecule has 0 aliphatic heterocycles. The van der Waals surface area contributed by atoms with Crippen LogP contribution in [0, 0.1) is 13.8 Å². The Morgan fingerprint density at radius 3 is 2.50 bits per heavy atom. The van der Waals surface area contributed by atoms with E-state index in [-0.39, 0.29) is 23.9 Å². The predicted molar refractivity (Wildman–Crippen MR) is 91.3 cm³/mol. The standard InChI is InChI=1S/C16H22N4O3S/c1-6-23-15(22)8-14-17-18-16(20(14)5)24-9-13(21)12-7-10(2)19(4)11(12)3/h7H,6,8-9H2,1-5H3. The second-order valence-electron chi connectivity index (χ2n) is 5.50. The second-order valence-corrected chi connectivity index (χ2v) is 6.44. The Hall–Kier alpha value is -2.09. The van der Waals surface area contributed by atoms with Gasteiger partial charge in [-0.1, -0.05) is 11.8 Å². The van der Waals surface area contributed by atoms with Crippen molar-refractivity contribution in [3.05, 3.63) is 28.8 Å². The lowest BCUT2D eigenvalue weighted by molar-refractivity contribution is -0.142. The molecule has 0 amide bonds. The Morgan fingerprint density at radius 2 is 1.92 bits per heavy atom. The number of esters is 1. The highest BCUT2D eigenvalue weighted by atomic mass is 32.2. The number of aromatic nitrogens is 4. The molecule has 0 bridgehead atoms. The predicted octanol–water partition coefficient (Wildman–Crippen LogP) is 1.85. The van der Waals surface area contributed by atoms with Crippen LogP contribution >= 0.6 is 11.8 Å². The van der Waals surface area contributed by atoms with Crippen LogP contribution in [0.3, 0.4) is 0 Å². The smallest absolute Gasteiger partial charge is 0.313 e. The first-order valence-electron chi connectivity index (χ1n) is 7.68. The molecule has 0 spiro atoms. The number of carbonyl (C=O) groups is 2. The summed E-state index contributed by atoms with van der Waals surface area (Å²) in [5.41, 5.74) is 2.74. The molecule has 2 heterocycles. The van der Waals surface area contributed by atoms with Crippen LogP contribution < -0.4 is 0 Å². The van der Waals surface area contributed by atoms with E-state index in [2.05, 4.69) is 10.2 Å². The first-order valence-corrected chi connectivity index (χ1v) is 8.66. The van der Waals surface area contributed by atoms with Crippen LogP contribution in [-0.2, 0) is 30.0 Å². The Balaban J connectivity index is 2.02. The molecule has 7 nitrogen and oxygen atoms in total. The number of aryl methyl sites for hydroxylation is 1. The highest BCUT2D eigenvalue weighted by Crippen LogP contribution is 2.20. The molecule has 0 saturated carbocycles. The first-order chi connectivity index (χ1) is 11.3. The van der Waals surface area contributed by atoms with Crippen molar-refractivity contribution in [1.29, 1.82) is 0 Å². The van der Waals surface area contributed by atoms with Gasteiger partial charge in [0.2, 0.25) is 0 Å². The van der Waals surface area contributed by atoms with E-state index >= 15 is 0 Å². The van der Waals surface area contributed by atoms with Gasteiger partial charge >= 0.3 is 5.97 Å². The Bertz CT molecular complexity index is 764. The number of hydrogen-bond acceptors (Lipinski definition) is 6. The molecule has 0 aliphatic rings. The Labute approximate surface area is 145 Å². The summed E-state index contributed by atoms with van der Waals surface area (Å²) in [5, 5.41) is 8.66. The highest BCUT2D eigenvalue weighted by Gasteiger charge is 2.17. The summed E-state index contributed by atoms with van der Waals surface area (Å²) in [6.07, 6.45) is 0.0723. The molecule has 0 fully saturated rings. The summed E-state index contributed by atoms with van der Waals surface area (Å²) in [5.74, 6) is 0.512. The van der Waals surface area contributed by atoms with Crippen LogP contribution in [0.15, 0.2) is 11.2 Å². The number of carbonyl (C=O) groups excluding carboxylic acids is 2. The van der Waals surface area contributed by atoms with Crippen LogP contribution in [0.2, 0.25) is 0 Å². The topological polar surface area (TPSA) is 79.0 Å². The average Bonchev–Trinajstić information content (AvgIpc) is 3.01. The number of thioether (sulfide) groups is 1. The van der Waals surface area contributed by atoms with E-state index in [0.29, 0.717) is 17.6 Å². The van der Waals surface area contributed by atoms with Crippen molar-refractivity contribution < 1.29 is 14.3 Å². The minimum atomic E-state index is -0.337. The molecule has 0 N–H and O–H groups in total. The summed E-state index contributed by atoms with van der Waals surface area (Å²) in [7, 11) is 3.72. The van der Waals surface area contributed by atoms with E-state index in [0.717, 1.165) is 17.0 Å². The fraction of sp³-hybridized carbons (Fsp3) is 0.500. The average molecular weight is 350 g/mol. The van der Waals surface area contributed by atoms with Crippen molar-refractivity contribution in [2.45, 2.75) is 32.3 Å². The normalized spacial score (nSPS) is 10.9. The SMILES string of the molecule is CCOC(=O)Cc1nnc(SCC(=O)c2cc(C)n(C)c2C)n1C. The van der Waals surface area contributed by atoms with Crippen molar-refractivity contribution in [2.75, 3.05) is 12.4 Å². The maximum Gasteiger partial charge on any atom is 0.313 e. The number of rotatable bonds is 7. The van der Waals surface area contributed by atoms with Gasteiger partial charge in [-0.2, -0.15) is 0 Å². The summed E-state index contributed by atoms with van der Waals surface area (Å²) in [6, 6.07) is 1.90. The third kappa shape index (κ3) is 3.87. The molecule has 0 atom stereocenters. The largest absolute Gasteiger partial charge is 0.466 e. The van der Waals surface area contributed by atoms with E-state index in [9.17, 15) is 9.59 Å². The highest BCUT2D eigenvalue weighted by molar-refractivity contribution is 7.99. The van der Waals surface area contributed by atoms with Gasteiger partial charge in [-0.25, -0.2) is 0 Å². The number of ether oxygens (including phenoxy) is 1. The molecule has 8 heteroatoms. The fourth-order valence-electron chi connectivity index (χ4n) is 2.31. The van der Waals surface area contributed by atoms with Gasteiger partial charge in [-0.05, 0) is 26.8 Å². The number of hydrogen-bond donors (Lipinski definition) is 0. The third-order valence-electron chi connectivity index (χ3n) is 3.94. The van der Waals surface area contributed by atoms with Crippen LogP contribution in [0.1, 0.15) is 34.5 Å². The monoisotopic (exact) mass is 350 g/mol. The van der Waals surface area contributed by atoms with Gasteiger partial charge in [0, 0.05) is 31.0 Å². The zero-order chi connectivity index (χ0) is 17.9. The lowest BCUT2D eigenvalue weighted by atomic mass is 10.2. The summed E-state index contributed by atoms with van der Waals surface area (Å²) < 4.78 is 8.63. The zero-order valence-corrected chi connectivity index (χ0v) is 15.4. The summed E-state index contributed by atoms with van der Waals surface area (Å²) in [4.78, 5) is 23.9. The van der Waals surface area contributed by atoms with Crippen molar-refractivity contribution in [2.24, 2.45) is 14.1 Å². The molecule has 24 heavy (non-hydrogen) atoms. The minimum absolute atomic E-state index is 0.0520. The van der Waals surface area contributed by atoms with Crippen molar-refractivity contribution in [1.82, 2.24) is 19.3 Å². The van der Waals surface area contributed by atoms with Crippen LogP contribution in [-0.4, -0.2) is 43.4 Å². The molecular formula is C16H22N4O3S. The van der Waals surface area contributed by atoms with E-state index in [1.165, 1.54) is 11.8 Å². The first kappa shape index (κ1) is 18.3. The Kier molecular flexibility index (Phi) is 5.82. The molecule has 2 aromatic heterocycles. The lowest BCUT2D eigenvalue weighted by Gasteiger charge is -2.04. The molecule has 0 aromatic carbocycles. The van der Waals surface area contributed by atoms with Gasteiger partial charge < -0.3 is 13.9 Å². The van der Waals surface area contributed by atoms with Crippen molar-refractivity contribution in [3.63, 3.8) is 0 Å². The van der Waals surface area contributed by atoms with Gasteiger partial charge in [0.05, 0.1) is 12.4 Å². The molecule has 0 saturated heterocycles. The van der Waals surface area contributed by atoms with Gasteiger partial charge in [0.25, 0.3) is 0 Å². The van der Waals surface area contributed by atoms with E-state index in [1.54, 1.807) is 18.5 Å². The fourth-order valence-corrected chi connectivity index (χ4v) is 3.12. The number of Topliss-reactive ketones (excluding diaryl/α,β-unsaturated/α-hetero) is 1. The van der Waals surface area contributed by atoms with E-state index < -0.39 is 0 Å². The maximum absolute atomic E-state index is 12.4. The van der Waals surface area contributed by atoms with Crippen LogP contribution in [0.5, 0.6) is 0 Å². The van der Waals surface area contributed by atoms with Gasteiger partial charge in [-0.15, -0.1) is 10.2 Å². The van der Waals surface area contributed by atoms with Gasteiger partial charge in [-0.3, -0.25) is 9.59 Å². The maximum atomic E-state index is 12.4. The molecular weight excluding hydrogens is 328 g/mol. The van der Waals surface area contributed by atoms with Gasteiger partial charge in [0.1, 0.15) is 12.2 Å². The quantitative estimate of drug-likeness (QED) is 0.431. The summed E-state index contributed by atoms with van der Waals surface area (Å²) >= 11 is 1.31. The lowest BCUT2D eigenvalue weighted by Crippen LogP contribution is -2.11. The molecule has 0 radical (unpaired) electrons. The number of nitrogens with zero attached hydrogens (tertiary/aromatic N) is 4. The Morgan fingerprint density at radius 1 is 1.21 bits per heavy atom. The minimum Gasteiger partial charge on any atom is -0.466 e. The van der Waals surface area contributed by atoms with Gasteiger partial charge in [0.15, 0.2) is 10.9 Å². The van der Waals surface area contributed by atoms with Crippen molar-refractivity contribution >= 4 is 23.5 Å². The summed E-state index contributed by atoms with van der Waals surface area (Å²) in [6.45, 7) is 6.00. The molecule has 0 unspecified atom stereocenters. The zero-order valence-electron chi connectivity index (χ0n) is 14.6. The van der Waals surface area contributed by atoms with Crippen molar-refractivity contribution in [3.8, 4) is 0 Å². The van der Waals surface area contributed by atoms with E-state index in [4.69, 9.17) is 4.74 Å².